The zero-order chi connectivity index (χ0) is 13.8. The van der Waals surface area contributed by atoms with Crippen LogP contribution in [0.5, 0.6) is 0 Å². The molecule has 3 amide bonds. The van der Waals surface area contributed by atoms with Crippen LogP contribution in [-0.4, -0.2) is 52.4 Å². The second-order valence-electron chi connectivity index (χ2n) is 4.64. The third kappa shape index (κ3) is 2.47. The number of unbranched alkanes of at least 4 members (excludes halogenated alkanes) is 2. The second-order valence-corrected chi connectivity index (χ2v) is 4.64. The van der Waals surface area contributed by atoms with E-state index in [-0.39, 0.29) is 11.9 Å². The van der Waals surface area contributed by atoms with Crippen LogP contribution >= 0.6 is 0 Å². The van der Waals surface area contributed by atoms with E-state index in [9.17, 15) is 9.59 Å². The number of aliphatic imine (C=N–C) groups is 2. The van der Waals surface area contributed by atoms with Crippen LogP contribution in [0.3, 0.4) is 0 Å². The molecule has 102 valence electrons. The lowest BCUT2D eigenvalue weighted by Gasteiger charge is -2.21. The highest BCUT2D eigenvalue weighted by Gasteiger charge is 2.45. The average Bonchev–Trinajstić information content (AvgIpc) is 2.88. The number of amidine groups is 1. The number of carbonyl (C=O) groups is 2. The molecule has 0 saturated heterocycles. The molecule has 0 saturated carbocycles. The van der Waals surface area contributed by atoms with E-state index in [0.29, 0.717) is 24.6 Å². The molecule has 6 heteroatoms. The molecule has 6 nitrogen and oxygen atoms in total. The van der Waals surface area contributed by atoms with E-state index in [4.69, 9.17) is 0 Å². The Balaban J connectivity index is 2.30. The van der Waals surface area contributed by atoms with Crippen molar-refractivity contribution in [3.63, 3.8) is 0 Å². The van der Waals surface area contributed by atoms with Gasteiger partial charge in [-0.3, -0.25) is 0 Å². The summed E-state index contributed by atoms with van der Waals surface area (Å²) in [6.45, 7) is 5.12. The predicted molar refractivity (Wildman–Crippen MR) is 73.0 cm³/mol. The van der Waals surface area contributed by atoms with Crippen LogP contribution in [0.2, 0.25) is 0 Å². The van der Waals surface area contributed by atoms with Gasteiger partial charge in [-0.25, -0.2) is 14.6 Å². The van der Waals surface area contributed by atoms with Crippen molar-refractivity contribution in [1.82, 2.24) is 4.90 Å². The van der Waals surface area contributed by atoms with Crippen LogP contribution in [0.25, 0.3) is 0 Å². The molecular weight excluding hydrogens is 244 g/mol. The Bertz CT molecular complexity index is 491. The fourth-order valence-corrected chi connectivity index (χ4v) is 2.09. The molecule has 0 N–H and O–H groups in total. The largest absolute Gasteiger partial charge is 0.446 e. The standard InChI is InChI=1S/C13H19N4O2/c1-3-5-7-16-11-10(14-9-15-11)12(18)17(13(16)19)8-6-4-2/h9H,3-8H2,1-2H3/q+1. The van der Waals surface area contributed by atoms with Crippen molar-refractivity contribution in [3.05, 3.63) is 0 Å². The maximum Gasteiger partial charge on any atom is 0.446 e. The predicted octanol–water partition coefficient (Wildman–Crippen LogP) is 1.44. The Morgan fingerprint density at radius 3 is 2.63 bits per heavy atom. The molecule has 0 radical (unpaired) electrons. The van der Waals surface area contributed by atoms with Gasteiger partial charge in [0, 0.05) is 0 Å². The number of imide groups is 1. The van der Waals surface area contributed by atoms with Crippen LogP contribution in [0.15, 0.2) is 9.98 Å². The van der Waals surface area contributed by atoms with Crippen molar-refractivity contribution in [2.45, 2.75) is 39.5 Å². The molecule has 0 aromatic heterocycles. The number of hydrogen-bond acceptors (Lipinski definition) is 4. The highest BCUT2D eigenvalue weighted by atomic mass is 16.2. The summed E-state index contributed by atoms with van der Waals surface area (Å²) in [6.07, 6.45) is 4.95. The van der Waals surface area contributed by atoms with Crippen molar-refractivity contribution >= 4 is 29.8 Å². The van der Waals surface area contributed by atoms with Gasteiger partial charge in [0.25, 0.3) is 0 Å². The number of carbonyl (C=O) groups excluding carboxylic acids is 2. The molecule has 0 bridgehead atoms. The first kappa shape index (κ1) is 13.6. The van der Waals surface area contributed by atoms with E-state index in [0.717, 1.165) is 25.7 Å². The lowest BCUT2D eigenvalue weighted by atomic mass is 10.2. The van der Waals surface area contributed by atoms with Gasteiger partial charge < -0.3 is 0 Å². The number of rotatable bonds is 6. The molecule has 19 heavy (non-hydrogen) atoms. The molecule has 0 aromatic carbocycles. The third-order valence-electron chi connectivity index (χ3n) is 3.21. The minimum atomic E-state index is -0.321. The summed E-state index contributed by atoms with van der Waals surface area (Å²) in [5.74, 6) is 0.0925. The summed E-state index contributed by atoms with van der Waals surface area (Å²) in [5, 5.41) is 0. The highest BCUT2D eigenvalue weighted by molar-refractivity contribution is 6.69. The minimum Gasteiger partial charge on any atom is -0.248 e. The Kier molecular flexibility index (Phi) is 4.19. The van der Waals surface area contributed by atoms with Crippen molar-refractivity contribution in [2.75, 3.05) is 13.1 Å². The molecule has 0 unspecified atom stereocenters. The highest BCUT2D eigenvalue weighted by Crippen LogP contribution is 2.12. The molecule has 0 fully saturated rings. The van der Waals surface area contributed by atoms with Gasteiger partial charge in [-0.1, -0.05) is 31.7 Å². The van der Waals surface area contributed by atoms with Gasteiger partial charge in [-0.2, -0.15) is 9.48 Å². The Hall–Kier alpha value is -1.85. The van der Waals surface area contributed by atoms with Gasteiger partial charge in [0.2, 0.25) is 5.71 Å². The molecule has 0 spiro atoms. The zero-order valence-corrected chi connectivity index (χ0v) is 11.4. The van der Waals surface area contributed by atoms with Crippen molar-refractivity contribution in [1.29, 1.82) is 0 Å². The van der Waals surface area contributed by atoms with Crippen LogP contribution < -0.4 is 0 Å². The van der Waals surface area contributed by atoms with Gasteiger partial charge in [-0.15, -0.1) is 0 Å². The van der Waals surface area contributed by atoms with Crippen molar-refractivity contribution in [3.8, 4) is 0 Å². The van der Waals surface area contributed by atoms with E-state index in [2.05, 4.69) is 16.9 Å². The molecule has 0 aliphatic carbocycles. The van der Waals surface area contributed by atoms with Gasteiger partial charge in [0.15, 0.2) is 6.34 Å². The smallest absolute Gasteiger partial charge is 0.248 e. The van der Waals surface area contributed by atoms with Crippen LogP contribution in [-0.2, 0) is 4.79 Å². The van der Waals surface area contributed by atoms with Gasteiger partial charge in [-0.05, 0) is 12.8 Å². The first-order valence-electron chi connectivity index (χ1n) is 6.81. The second kappa shape index (κ2) is 5.86. The molecule has 2 rings (SSSR count). The summed E-state index contributed by atoms with van der Waals surface area (Å²) in [5.41, 5.74) is 0.298. The van der Waals surface area contributed by atoms with Crippen LogP contribution in [0, 0.1) is 0 Å². The van der Waals surface area contributed by atoms with Crippen molar-refractivity contribution in [2.24, 2.45) is 9.98 Å². The summed E-state index contributed by atoms with van der Waals surface area (Å²) in [4.78, 5) is 33.9. The fourth-order valence-electron chi connectivity index (χ4n) is 2.09. The SMILES string of the molecule is CCCCN1C(=O)C2=NC=NC2=[N+](CCCC)C1=O. The van der Waals surface area contributed by atoms with E-state index in [1.165, 1.54) is 11.2 Å². The summed E-state index contributed by atoms with van der Waals surface area (Å²) in [6, 6.07) is -0.264. The normalized spacial score (nSPS) is 18.2. The summed E-state index contributed by atoms with van der Waals surface area (Å²) < 4.78 is 1.57. The Labute approximate surface area is 112 Å². The van der Waals surface area contributed by atoms with Crippen LogP contribution in [0.1, 0.15) is 39.5 Å². The maximum absolute atomic E-state index is 12.4. The zero-order valence-electron chi connectivity index (χ0n) is 11.4. The molecule has 0 aromatic rings. The molecule has 2 aliphatic heterocycles. The van der Waals surface area contributed by atoms with E-state index in [1.807, 2.05) is 6.92 Å². The van der Waals surface area contributed by atoms with Gasteiger partial charge in [0.05, 0.1) is 13.1 Å². The average molecular weight is 263 g/mol. The summed E-state index contributed by atoms with van der Waals surface area (Å²) >= 11 is 0. The molecular formula is C13H19N4O2+. The molecule has 2 heterocycles. The van der Waals surface area contributed by atoms with Crippen molar-refractivity contribution < 1.29 is 14.2 Å². The third-order valence-corrected chi connectivity index (χ3v) is 3.21. The van der Waals surface area contributed by atoms with Gasteiger partial charge >= 0.3 is 17.8 Å². The fraction of sp³-hybridized carbons (Fsp3) is 0.615. The molecule has 0 atom stereocenters. The van der Waals surface area contributed by atoms with Crippen LogP contribution in [0.4, 0.5) is 4.79 Å². The monoisotopic (exact) mass is 263 g/mol. The number of urea groups is 1. The maximum atomic E-state index is 12.4. The van der Waals surface area contributed by atoms with E-state index in [1.54, 1.807) is 4.58 Å². The lowest BCUT2D eigenvalue weighted by molar-refractivity contribution is -0.436. The first-order valence-corrected chi connectivity index (χ1v) is 6.81. The Morgan fingerprint density at radius 1 is 1.21 bits per heavy atom. The lowest BCUT2D eigenvalue weighted by Crippen LogP contribution is -2.54. The first-order chi connectivity index (χ1) is 9.20. The molecule has 2 aliphatic rings. The quantitative estimate of drug-likeness (QED) is 0.681. The number of amides is 3. The summed E-state index contributed by atoms with van der Waals surface area (Å²) in [7, 11) is 0. The van der Waals surface area contributed by atoms with Gasteiger partial charge in [0.1, 0.15) is 0 Å². The topological polar surface area (TPSA) is 65.1 Å². The Morgan fingerprint density at radius 2 is 1.95 bits per heavy atom. The van der Waals surface area contributed by atoms with E-state index < -0.39 is 0 Å². The van der Waals surface area contributed by atoms with E-state index >= 15 is 0 Å². The number of nitrogens with zero attached hydrogens (tertiary/aromatic N) is 4. The number of hydrogen-bond donors (Lipinski definition) is 0. The number of fused-ring (bicyclic) bond motifs is 1. The minimum absolute atomic E-state index is 0.264.